The second kappa shape index (κ2) is 5.52. The summed E-state index contributed by atoms with van der Waals surface area (Å²) in [7, 11) is 0. The predicted molar refractivity (Wildman–Crippen MR) is 104 cm³/mol. The molecule has 1 spiro atoms. The van der Waals surface area contributed by atoms with E-state index in [0.29, 0.717) is 24.1 Å². The number of nitrogens with zero attached hydrogens (tertiary/aromatic N) is 2. The molecule has 0 amide bonds. The molecule has 2 saturated heterocycles. The summed E-state index contributed by atoms with van der Waals surface area (Å²) in [6.07, 6.45) is 10.5. The van der Waals surface area contributed by atoms with E-state index in [9.17, 15) is 9.90 Å². The number of hydrogen-bond donors (Lipinski definition) is 2. The molecule has 3 heterocycles. The van der Waals surface area contributed by atoms with Gasteiger partial charge in [-0.05, 0) is 49.3 Å². The Hall–Kier alpha value is -2.45. The number of anilines is 2. The number of benzene rings is 1. The quantitative estimate of drug-likeness (QED) is 0.815. The van der Waals surface area contributed by atoms with Gasteiger partial charge < -0.3 is 19.9 Å². The molecule has 5 nitrogen and oxygen atoms in total. The Morgan fingerprint density at radius 3 is 2.50 bits per heavy atom. The fourth-order valence-corrected chi connectivity index (χ4v) is 4.47. The molecule has 1 aliphatic carbocycles. The van der Waals surface area contributed by atoms with Crippen LogP contribution in [0, 0.1) is 17.8 Å². The van der Waals surface area contributed by atoms with E-state index in [1.54, 1.807) is 0 Å². The maximum atomic E-state index is 12.5. The Bertz CT molecular complexity index is 967. The lowest BCUT2D eigenvalue weighted by molar-refractivity contribution is 0.142. The molecule has 1 saturated carbocycles. The first-order valence-electron chi connectivity index (χ1n) is 9.43. The number of rotatable bonds is 2. The number of fused-ring (bicyclic) bond motifs is 1. The van der Waals surface area contributed by atoms with Crippen LogP contribution in [0.15, 0.2) is 23.0 Å². The molecule has 3 aliphatic rings. The molecule has 0 bridgehead atoms. The molecule has 5 heteroatoms. The molecule has 2 aliphatic heterocycles. The van der Waals surface area contributed by atoms with Gasteiger partial charge in [-0.15, -0.1) is 6.42 Å². The molecular weight excluding hydrogens is 326 g/mol. The summed E-state index contributed by atoms with van der Waals surface area (Å²) < 4.78 is 0. The third-order valence-electron chi connectivity index (χ3n) is 6.44. The molecule has 0 radical (unpaired) electrons. The number of aromatic amines is 1. The molecule has 134 valence electrons. The van der Waals surface area contributed by atoms with Crippen LogP contribution in [0.4, 0.5) is 11.4 Å². The summed E-state index contributed by atoms with van der Waals surface area (Å²) in [6.45, 7) is 3.22. The van der Waals surface area contributed by atoms with Gasteiger partial charge in [0.05, 0.1) is 17.3 Å². The Balaban J connectivity index is 1.62. The van der Waals surface area contributed by atoms with Crippen molar-refractivity contribution < 1.29 is 5.11 Å². The lowest BCUT2D eigenvalue weighted by Gasteiger charge is -2.38. The van der Waals surface area contributed by atoms with Gasteiger partial charge in [-0.25, -0.2) is 0 Å². The zero-order valence-corrected chi connectivity index (χ0v) is 14.8. The van der Waals surface area contributed by atoms with Crippen LogP contribution in [0.2, 0.25) is 0 Å². The first-order chi connectivity index (χ1) is 12.6. The molecule has 26 heavy (non-hydrogen) atoms. The minimum atomic E-state index is -0.251. The van der Waals surface area contributed by atoms with Gasteiger partial charge in [0.2, 0.25) is 0 Å². The molecule has 0 unspecified atom stereocenters. The van der Waals surface area contributed by atoms with Crippen molar-refractivity contribution in [2.45, 2.75) is 31.8 Å². The van der Waals surface area contributed by atoms with Crippen molar-refractivity contribution in [3.8, 4) is 12.3 Å². The molecule has 2 N–H and O–H groups in total. The van der Waals surface area contributed by atoms with Crippen LogP contribution in [0.1, 0.15) is 31.2 Å². The van der Waals surface area contributed by atoms with Gasteiger partial charge in [-0.3, -0.25) is 4.79 Å². The minimum Gasteiger partial charge on any atom is -0.389 e. The number of aromatic nitrogens is 1. The second-order valence-electron chi connectivity index (χ2n) is 8.10. The zero-order chi connectivity index (χ0) is 17.9. The number of hydrogen-bond acceptors (Lipinski definition) is 4. The van der Waals surface area contributed by atoms with Crippen molar-refractivity contribution in [3.05, 3.63) is 34.1 Å². The standard InChI is InChI=1S/C21H23N3O2/c1-2-16-19(23-9-7-21(5-6-21)8-10-23)17-11-14(24-12-15(25)13-24)3-4-18(17)22-20(16)26/h1,3-4,11,15,25H,5-10,12-13H2,(H,22,26). The van der Waals surface area contributed by atoms with Gasteiger partial charge in [0.1, 0.15) is 5.56 Å². The minimum absolute atomic E-state index is 0.186. The molecule has 2 aromatic rings. The van der Waals surface area contributed by atoms with Crippen molar-refractivity contribution in [1.29, 1.82) is 0 Å². The van der Waals surface area contributed by atoms with Crippen molar-refractivity contribution in [3.63, 3.8) is 0 Å². The van der Waals surface area contributed by atoms with Crippen molar-refractivity contribution in [2.24, 2.45) is 5.41 Å². The van der Waals surface area contributed by atoms with Crippen LogP contribution in [0.3, 0.4) is 0 Å². The van der Waals surface area contributed by atoms with Crippen molar-refractivity contribution in [2.75, 3.05) is 36.0 Å². The van der Waals surface area contributed by atoms with Gasteiger partial charge in [0, 0.05) is 37.3 Å². The van der Waals surface area contributed by atoms with Crippen LogP contribution in [-0.4, -0.2) is 42.4 Å². The van der Waals surface area contributed by atoms with E-state index in [-0.39, 0.29) is 11.7 Å². The van der Waals surface area contributed by atoms with Crippen LogP contribution in [0.25, 0.3) is 10.9 Å². The third-order valence-corrected chi connectivity index (χ3v) is 6.44. The van der Waals surface area contributed by atoms with E-state index < -0.39 is 0 Å². The Morgan fingerprint density at radius 1 is 1.15 bits per heavy atom. The SMILES string of the molecule is C#Cc1c(N2CCC3(CC2)CC3)c2cc(N3CC(O)C3)ccc2[nH]c1=O. The Labute approximate surface area is 152 Å². The summed E-state index contributed by atoms with van der Waals surface area (Å²) >= 11 is 0. The normalized spacial score (nSPS) is 21.7. The predicted octanol–water partition coefficient (Wildman–Crippen LogP) is 2.07. The molecule has 0 atom stereocenters. The van der Waals surface area contributed by atoms with Gasteiger partial charge in [0.15, 0.2) is 0 Å². The fraction of sp³-hybridized carbons (Fsp3) is 0.476. The smallest absolute Gasteiger partial charge is 0.266 e. The lowest BCUT2D eigenvalue weighted by atomic mass is 9.92. The number of aliphatic hydroxyl groups is 1. The number of piperidine rings is 1. The Morgan fingerprint density at radius 2 is 1.88 bits per heavy atom. The van der Waals surface area contributed by atoms with Crippen molar-refractivity contribution in [1.82, 2.24) is 4.98 Å². The largest absolute Gasteiger partial charge is 0.389 e. The number of β-amino-alcohol motifs (C(OH)–C–C–N with tert-alkyl or cyclic N) is 1. The van der Waals surface area contributed by atoms with E-state index in [4.69, 9.17) is 6.42 Å². The highest BCUT2D eigenvalue weighted by molar-refractivity contribution is 5.96. The van der Waals surface area contributed by atoms with Gasteiger partial charge in [-0.2, -0.15) is 0 Å². The van der Waals surface area contributed by atoms with E-state index in [1.165, 1.54) is 25.7 Å². The highest BCUT2D eigenvalue weighted by atomic mass is 16.3. The molecule has 5 rings (SSSR count). The number of pyridine rings is 1. The number of aliphatic hydroxyl groups excluding tert-OH is 1. The van der Waals surface area contributed by atoms with Crippen LogP contribution in [-0.2, 0) is 0 Å². The first kappa shape index (κ1) is 15.8. The monoisotopic (exact) mass is 349 g/mol. The molecule has 1 aromatic heterocycles. The maximum absolute atomic E-state index is 12.5. The van der Waals surface area contributed by atoms with Crippen molar-refractivity contribution >= 4 is 22.3 Å². The summed E-state index contributed by atoms with van der Waals surface area (Å²) in [5.74, 6) is 2.63. The van der Waals surface area contributed by atoms with Crippen LogP contribution < -0.4 is 15.4 Å². The summed E-state index contributed by atoms with van der Waals surface area (Å²) in [5.41, 5.74) is 3.61. The number of H-pyrrole nitrogens is 1. The average molecular weight is 349 g/mol. The molecular formula is C21H23N3O2. The lowest BCUT2D eigenvalue weighted by Crippen LogP contribution is -2.50. The third kappa shape index (κ3) is 2.40. The molecule has 3 fully saturated rings. The van der Waals surface area contributed by atoms with E-state index >= 15 is 0 Å². The molecule has 1 aromatic carbocycles. The summed E-state index contributed by atoms with van der Waals surface area (Å²) in [5, 5.41) is 10.6. The average Bonchev–Trinajstić information content (AvgIpc) is 3.37. The summed E-state index contributed by atoms with van der Waals surface area (Å²) in [4.78, 5) is 19.9. The van der Waals surface area contributed by atoms with Gasteiger partial charge in [0.25, 0.3) is 5.56 Å². The maximum Gasteiger partial charge on any atom is 0.266 e. The van der Waals surface area contributed by atoms with Crippen LogP contribution in [0.5, 0.6) is 0 Å². The summed E-state index contributed by atoms with van der Waals surface area (Å²) in [6, 6.07) is 6.06. The van der Waals surface area contributed by atoms with Gasteiger partial charge in [-0.1, -0.05) is 5.92 Å². The Kier molecular flexibility index (Phi) is 3.35. The fourth-order valence-electron chi connectivity index (χ4n) is 4.47. The van der Waals surface area contributed by atoms with E-state index in [1.807, 2.05) is 12.1 Å². The topological polar surface area (TPSA) is 59.6 Å². The van der Waals surface area contributed by atoms with E-state index in [2.05, 4.69) is 26.8 Å². The van der Waals surface area contributed by atoms with Crippen LogP contribution >= 0.6 is 0 Å². The zero-order valence-electron chi connectivity index (χ0n) is 14.8. The van der Waals surface area contributed by atoms with E-state index in [0.717, 1.165) is 35.4 Å². The van der Waals surface area contributed by atoms with Gasteiger partial charge >= 0.3 is 0 Å². The second-order valence-corrected chi connectivity index (χ2v) is 8.10. The highest BCUT2D eigenvalue weighted by Gasteiger charge is 2.44. The first-order valence-corrected chi connectivity index (χ1v) is 9.43. The number of terminal acetylenes is 1. The number of nitrogens with one attached hydrogen (secondary N) is 1. The highest BCUT2D eigenvalue weighted by Crippen LogP contribution is 2.54.